The monoisotopic (exact) mass is 454 g/mol. The molecule has 1 fully saturated rings. The number of nitrogens with zero attached hydrogens (tertiary/aromatic N) is 2. The van der Waals surface area contributed by atoms with E-state index in [4.69, 9.17) is 14.2 Å². The van der Waals surface area contributed by atoms with Gasteiger partial charge in [-0.15, -0.1) is 0 Å². The lowest BCUT2D eigenvalue weighted by Gasteiger charge is -2.35. The summed E-state index contributed by atoms with van der Waals surface area (Å²) in [6, 6.07) is 14.2. The number of carbonyl (C=O) groups excluding carboxylic acids is 3. The van der Waals surface area contributed by atoms with Gasteiger partial charge < -0.3 is 24.0 Å². The van der Waals surface area contributed by atoms with Gasteiger partial charge in [-0.1, -0.05) is 18.2 Å². The maximum atomic E-state index is 12.8. The first-order valence-electron chi connectivity index (χ1n) is 11.2. The molecule has 0 radical (unpaired) electrons. The summed E-state index contributed by atoms with van der Waals surface area (Å²) in [7, 11) is 0. The minimum atomic E-state index is -0.779. The number of aryl methyl sites for hydroxylation is 1. The molecule has 33 heavy (non-hydrogen) atoms. The fraction of sp³-hybridized carbons (Fsp3) is 0.400. The highest BCUT2D eigenvalue weighted by Gasteiger charge is 2.24. The van der Waals surface area contributed by atoms with Gasteiger partial charge in [0.15, 0.2) is 0 Å². The van der Waals surface area contributed by atoms with Crippen molar-refractivity contribution < 1.29 is 28.6 Å². The standard InChI is InChI=1S/C25H30N2O6/c1-3-31-25(30)33-21-12-10-20(11-13-21)24(29)27-16-14-26(15-17-27)23(28)9-6-18-32-22-8-5-4-7-19(22)2/h4-5,7-8,10-13H,3,6,9,14-18H2,1-2H3. The van der Waals surface area contributed by atoms with E-state index in [0.717, 1.165) is 11.3 Å². The maximum absolute atomic E-state index is 12.8. The highest BCUT2D eigenvalue weighted by Crippen LogP contribution is 2.18. The van der Waals surface area contributed by atoms with Crippen LogP contribution in [0.15, 0.2) is 48.5 Å². The van der Waals surface area contributed by atoms with E-state index in [1.54, 1.807) is 41.0 Å². The molecule has 0 spiro atoms. The number of hydrogen-bond donors (Lipinski definition) is 0. The van der Waals surface area contributed by atoms with Gasteiger partial charge in [0, 0.05) is 38.2 Å². The Balaban J connectivity index is 1.39. The first-order valence-corrected chi connectivity index (χ1v) is 11.2. The lowest BCUT2D eigenvalue weighted by atomic mass is 10.1. The largest absolute Gasteiger partial charge is 0.513 e. The van der Waals surface area contributed by atoms with Crippen LogP contribution in [0, 0.1) is 6.92 Å². The molecule has 8 heteroatoms. The first kappa shape index (κ1) is 24.1. The minimum absolute atomic E-state index is 0.0796. The van der Waals surface area contributed by atoms with Gasteiger partial charge in [-0.2, -0.15) is 0 Å². The van der Waals surface area contributed by atoms with Crippen LogP contribution in [0.5, 0.6) is 11.5 Å². The average molecular weight is 455 g/mol. The molecule has 2 aromatic carbocycles. The van der Waals surface area contributed by atoms with Gasteiger partial charge >= 0.3 is 6.16 Å². The summed E-state index contributed by atoms with van der Waals surface area (Å²) in [5.74, 6) is 1.12. The molecule has 1 aliphatic heterocycles. The molecule has 176 valence electrons. The van der Waals surface area contributed by atoms with Gasteiger partial charge in [0.2, 0.25) is 5.91 Å². The van der Waals surface area contributed by atoms with E-state index in [1.165, 1.54) is 0 Å². The van der Waals surface area contributed by atoms with Crippen molar-refractivity contribution in [1.29, 1.82) is 0 Å². The Kier molecular flexibility index (Phi) is 8.69. The van der Waals surface area contributed by atoms with Crippen LogP contribution in [-0.2, 0) is 9.53 Å². The number of carbonyl (C=O) groups is 3. The number of para-hydroxylation sites is 1. The molecule has 2 aromatic rings. The van der Waals surface area contributed by atoms with Crippen LogP contribution < -0.4 is 9.47 Å². The third-order valence-electron chi connectivity index (χ3n) is 5.37. The third-order valence-corrected chi connectivity index (χ3v) is 5.37. The molecular weight excluding hydrogens is 424 g/mol. The van der Waals surface area contributed by atoms with Gasteiger partial charge in [0.25, 0.3) is 5.91 Å². The predicted molar refractivity (Wildman–Crippen MR) is 122 cm³/mol. The van der Waals surface area contributed by atoms with Crippen molar-refractivity contribution >= 4 is 18.0 Å². The second kappa shape index (κ2) is 11.9. The molecule has 0 unspecified atom stereocenters. The summed E-state index contributed by atoms with van der Waals surface area (Å²) in [6.07, 6.45) is 0.285. The summed E-state index contributed by atoms with van der Waals surface area (Å²) in [5.41, 5.74) is 1.57. The number of hydrogen-bond acceptors (Lipinski definition) is 6. The third kappa shape index (κ3) is 6.97. The Bertz CT molecular complexity index is 952. The smallest absolute Gasteiger partial charge is 0.493 e. The van der Waals surface area contributed by atoms with Crippen LogP contribution >= 0.6 is 0 Å². The SMILES string of the molecule is CCOC(=O)Oc1ccc(C(=O)N2CCN(C(=O)CCCOc3ccccc3C)CC2)cc1. The molecule has 0 aliphatic carbocycles. The number of rotatable bonds is 8. The van der Waals surface area contributed by atoms with Gasteiger partial charge in [-0.25, -0.2) is 4.79 Å². The average Bonchev–Trinajstić information content (AvgIpc) is 2.83. The van der Waals surface area contributed by atoms with E-state index in [-0.39, 0.29) is 18.4 Å². The van der Waals surface area contributed by atoms with E-state index >= 15 is 0 Å². The van der Waals surface area contributed by atoms with E-state index in [2.05, 4.69) is 0 Å². The normalized spacial score (nSPS) is 13.4. The van der Waals surface area contributed by atoms with Crippen molar-refractivity contribution in [3.8, 4) is 11.5 Å². The van der Waals surface area contributed by atoms with Crippen LogP contribution in [0.1, 0.15) is 35.7 Å². The zero-order valence-electron chi connectivity index (χ0n) is 19.1. The van der Waals surface area contributed by atoms with Gasteiger partial charge in [-0.05, 0) is 56.2 Å². The molecule has 2 amide bonds. The van der Waals surface area contributed by atoms with Crippen LogP contribution in [-0.4, -0.2) is 67.2 Å². The van der Waals surface area contributed by atoms with Crippen molar-refractivity contribution in [2.75, 3.05) is 39.4 Å². The van der Waals surface area contributed by atoms with Gasteiger partial charge in [-0.3, -0.25) is 9.59 Å². The maximum Gasteiger partial charge on any atom is 0.513 e. The molecule has 0 bridgehead atoms. The highest BCUT2D eigenvalue weighted by molar-refractivity contribution is 5.94. The molecule has 1 aliphatic rings. The summed E-state index contributed by atoms with van der Waals surface area (Å²) in [5, 5.41) is 0. The zero-order chi connectivity index (χ0) is 23.6. The predicted octanol–water partition coefficient (Wildman–Crippen LogP) is 3.67. The quantitative estimate of drug-likeness (QED) is 0.344. The number of benzene rings is 2. The molecule has 3 rings (SSSR count). The molecule has 8 nitrogen and oxygen atoms in total. The summed E-state index contributed by atoms with van der Waals surface area (Å²) in [6.45, 7) is 6.37. The Morgan fingerprint density at radius 2 is 1.58 bits per heavy atom. The fourth-order valence-corrected chi connectivity index (χ4v) is 3.53. The summed E-state index contributed by atoms with van der Waals surface area (Å²) < 4.78 is 15.5. The fourth-order valence-electron chi connectivity index (χ4n) is 3.53. The molecule has 0 saturated carbocycles. The Morgan fingerprint density at radius 3 is 2.24 bits per heavy atom. The minimum Gasteiger partial charge on any atom is -0.493 e. The molecular formula is C25H30N2O6. The first-order chi connectivity index (χ1) is 16.0. The van der Waals surface area contributed by atoms with Crippen LogP contribution in [0.4, 0.5) is 4.79 Å². The van der Waals surface area contributed by atoms with Gasteiger partial charge in [0.1, 0.15) is 11.5 Å². The summed E-state index contributed by atoms with van der Waals surface area (Å²) >= 11 is 0. The second-order valence-corrected chi connectivity index (χ2v) is 7.70. The molecule has 0 aromatic heterocycles. The van der Waals surface area contributed by atoms with Crippen LogP contribution in [0.3, 0.4) is 0 Å². The number of piperazine rings is 1. The van der Waals surface area contributed by atoms with Crippen molar-refractivity contribution in [3.05, 3.63) is 59.7 Å². The van der Waals surface area contributed by atoms with Crippen molar-refractivity contribution in [2.24, 2.45) is 0 Å². The van der Waals surface area contributed by atoms with E-state index in [0.29, 0.717) is 56.9 Å². The van der Waals surface area contributed by atoms with Crippen LogP contribution in [0.25, 0.3) is 0 Å². The summed E-state index contributed by atoms with van der Waals surface area (Å²) in [4.78, 5) is 40.2. The zero-order valence-corrected chi connectivity index (χ0v) is 19.1. The molecule has 0 atom stereocenters. The van der Waals surface area contributed by atoms with E-state index in [9.17, 15) is 14.4 Å². The highest BCUT2D eigenvalue weighted by atomic mass is 16.7. The lowest BCUT2D eigenvalue weighted by Crippen LogP contribution is -2.50. The Labute approximate surface area is 194 Å². The topological polar surface area (TPSA) is 85.4 Å². The Hall–Kier alpha value is -3.55. The van der Waals surface area contributed by atoms with Crippen molar-refractivity contribution in [1.82, 2.24) is 9.80 Å². The van der Waals surface area contributed by atoms with E-state index < -0.39 is 6.16 Å². The number of ether oxygens (including phenoxy) is 3. The van der Waals surface area contributed by atoms with Gasteiger partial charge in [0.05, 0.1) is 13.2 Å². The van der Waals surface area contributed by atoms with Crippen molar-refractivity contribution in [3.63, 3.8) is 0 Å². The Morgan fingerprint density at radius 1 is 0.909 bits per heavy atom. The molecule has 1 heterocycles. The molecule has 1 saturated heterocycles. The number of amides is 2. The lowest BCUT2D eigenvalue weighted by molar-refractivity contribution is -0.132. The van der Waals surface area contributed by atoms with Crippen molar-refractivity contribution in [2.45, 2.75) is 26.7 Å². The second-order valence-electron chi connectivity index (χ2n) is 7.70. The van der Waals surface area contributed by atoms with Crippen LogP contribution in [0.2, 0.25) is 0 Å². The van der Waals surface area contributed by atoms with E-state index in [1.807, 2.05) is 31.2 Å². The molecule has 0 N–H and O–H groups in total.